The Labute approximate surface area is 210 Å². The van der Waals surface area contributed by atoms with Crippen LogP contribution >= 0.6 is 0 Å². The molecule has 10 nitrogen and oxygen atoms in total. The Morgan fingerprint density at radius 1 is 1.08 bits per heavy atom. The molecular formula is C26H32N6O4. The highest BCUT2D eigenvalue weighted by Gasteiger charge is 2.25. The van der Waals surface area contributed by atoms with Gasteiger partial charge in [-0.15, -0.1) is 10.2 Å². The van der Waals surface area contributed by atoms with Gasteiger partial charge in [0, 0.05) is 17.3 Å². The van der Waals surface area contributed by atoms with E-state index in [2.05, 4.69) is 20.7 Å². The van der Waals surface area contributed by atoms with Crippen molar-refractivity contribution in [3.8, 4) is 22.9 Å². The van der Waals surface area contributed by atoms with E-state index < -0.39 is 0 Å². The minimum absolute atomic E-state index is 0.0726. The highest BCUT2D eigenvalue weighted by atomic mass is 16.5. The average Bonchev–Trinajstić information content (AvgIpc) is 3.56. The van der Waals surface area contributed by atoms with E-state index >= 15 is 0 Å². The number of carbonyl (C=O) groups excluding carboxylic acids is 2. The lowest BCUT2D eigenvalue weighted by atomic mass is 10.1. The minimum atomic E-state index is -0.304. The van der Waals surface area contributed by atoms with Gasteiger partial charge in [0.05, 0.1) is 14.2 Å². The normalized spacial score (nSPS) is 13.4. The number of aromatic nitrogens is 4. The molecule has 0 unspecified atom stereocenters. The molecule has 0 spiro atoms. The van der Waals surface area contributed by atoms with E-state index in [0.29, 0.717) is 28.6 Å². The molecule has 1 saturated carbocycles. The first-order valence-corrected chi connectivity index (χ1v) is 12.1. The van der Waals surface area contributed by atoms with Crippen LogP contribution in [0.1, 0.15) is 36.8 Å². The van der Waals surface area contributed by atoms with Gasteiger partial charge in [0.1, 0.15) is 13.1 Å². The molecule has 2 amide bonds. The molecule has 4 rings (SSSR count). The van der Waals surface area contributed by atoms with Gasteiger partial charge in [-0.25, -0.2) is 0 Å². The standard InChI is InChI=1S/C26H32N6O4/c1-17-8-7-11-21(18(17)2)31(15-24(33)27-20-9-5-6-10-20)25(34)16-32-29-26(28-30-32)19-12-13-22(35-3)23(14-19)36-4/h7-8,11-14,20H,5-6,9-10,15-16H2,1-4H3,(H,27,33). The van der Waals surface area contributed by atoms with Crippen molar-refractivity contribution in [3.05, 3.63) is 47.5 Å². The number of nitrogens with zero attached hydrogens (tertiary/aromatic N) is 5. The number of hydrogen-bond donors (Lipinski definition) is 1. The van der Waals surface area contributed by atoms with Crippen LogP contribution in [0.2, 0.25) is 0 Å². The summed E-state index contributed by atoms with van der Waals surface area (Å²) in [5.41, 5.74) is 3.35. The molecule has 0 saturated heterocycles. The molecule has 3 aromatic rings. The van der Waals surface area contributed by atoms with Crippen LogP contribution in [0.4, 0.5) is 5.69 Å². The van der Waals surface area contributed by atoms with Crippen molar-refractivity contribution in [3.63, 3.8) is 0 Å². The lowest BCUT2D eigenvalue weighted by molar-refractivity contribution is -0.124. The van der Waals surface area contributed by atoms with Gasteiger partial charge in [-0.2, -0.15) is 4.80 Å². The van der Waals surface area contributed by atoms with Crippen molar-refractivity contribution in [1.82, 2.24) is 25.5 Å². The molecule has 1 aliphatic rings. The molecule has 190 valence electrons. The third-order valence-electron chi connectivity index (χ3n) is 6.56. The summed E-state index contributed by atoms with van der Waals surface area (Å²) < 4.78 is 10.6. The van der Waals surface area contributed by atoms with E-state index in [0.717, 1.165) is 36.8 Å². The second-order valence-corrected chi connectivity index (χ2v) is 8.96. The number of hydrogen-bond acceptors (Lipinski definition) is 7. The molecular weight excluding hydrogens is 460 g/mol. The second-order valence-electron chi connectivity index (χ2n) is 8.96. The van der Waals surface area contributed by atoms with Crippen LogP contribution < -0.4 is 19.7 Å². The molecule has 2 aromatic carbocycles. The van der Waals surface area contributed by atoms with Gasteiger partial charge in [-0.3, -0.25) is 9.59 Å². The highest BCUT2D eigenvalue weighted by molar-refractivity contribution is 5.99. The molecule has 1 heterocycles. The summed E-state index contributed by atoms with van der Waals surface area (Å²) in [6, 6.07) is 11.2. The zero-order valence-corrected chi connectivity index (χ0v) is 21.2. The van der Waals surface area contributed by atoms with Gasteiger partial charge >= 0.3 is 0 Å². The lowest BCUT2D eigenvalue weighted by Crippen LogP contribution is -2.45. The molecule has 1 aromatic heterocycles. The van der Waals surface area contributed by atoms with E-state index in [9.17, 15) is 9.59 Å². The monoisotopic (exact) mass is 492 g/mol. The number of benzene rings is 2. The fourth-order valence-electron chi connectivity index (χ4n) is 4.43. The van der Waals surface area contributed by atoms with Crippen molar-refractivity contribution in [2.75, 3.05) is 25.7 Å². The van der Waals surface area contributed by atoms with Crippen molar-refractivity contribution in [2.24, 2.45) is 0 Å². The van der Waals surface area contributed by atoms with Crippen molar-refractivity contribution >= 4 is 17.5 Å². The summed E-state index contributed by atoms with van der Waals surface area (Å²) in [7, 11) is 3.11. The molecule has 10 heteroatoms. The maximum Gasteiger partial charge on any atom is 0.251 e. The fourth-order valence-corrected chi connectivity index (χ4v) is 4.43. The van der Waals surface area contributed by atoms with E-state index in [1.807, 2.05) is 32.0 Å². The average molecular weight is 493 g/mol. The second kappa shape index (κ2) is 11.2. The number of nitrogens with one attached hydrogen (secondary N) is 1. The summed E-state index contributed by atoms with van der Waals surface area (Å²) in [5, 5.41) is 15.6. The Hall–Kier alpha value is -3.95. The third-order valence-corrected chi connectivity index (χ3v) is 6.56. The van der Waals surface area contributed by atoms with Gasteiger partial charge in [0.2, 0.25) is 11.7 Å². The summed E-state index contributed by atoms with van der Waals surface area (Å²) >= 11 is 0. The number of carbonyl (C=O) groups is 2. The Morgan fingerprint density at radius 3 is 2.56 bits per heavy atom. The van der Waals surface area contributed by atoms with Crippen LogP contribution in [0, 0.1) is 13.8 Å². The third kappa shape index (κ3) is 5.64. The number of amides is 2. The van der Waals surface area contributed by atoms with Gasteiger partial charge in [0.15, 0.2) is 11.5 Å². The number of tetrazole rings is 1. The van der Waals surface area contributed by atoms with Crippen LogP contribution in [-0.2, 0) is 16.1 Å². The smallest absolute Gasteiger partial charge is 0.251 e. The van der Waals surface area contributed by atoms with Crippen molar-refractivity contribution in [1.29, 1.82) is 0 Å². The number of methoxy groups -OCH3 is 2. The van der Waals surface area contributed by atoms with E-state index in [1.165, 1.54) is 9.70 Å². The van der Waals surface area contributed by atoms with Gasteiger partial charge in [0.25, 0.3) is 5.91 Å². The molecule has 1 fully saturated rings. The van der Waals surface area contributed by atoms with E-state index in [1.54, 1.807) is 32.4 Å². The first-order valence-electron chi connectivity index (χ1n) is 12.1. The Balaban J connectivity index is 1.54. The number of anilines is 1. The minimum Gasteiger partial charge on any atom is -0.493 e. The largest absolute Gasteiger partial charge is 0.493 e. The maximum atomic E-state index is 13.5. The Bertz CT molecular complexity index is 1230. The van der Waals surface area contributed by atoms with Crippen LogP contribution in [0.15, 0.2) is 36.4 Å². The van der Waals surface area contributed by atoms with E-state index in [4.69, 9.17) is 9.47 Å². The SMILES string of the molecule is COc1ccc(-c2nnn(CC(=O)N(CC(=O)NC3CCCC3)c3cccc(C)c3C)n2)cc1OC. The maximum absolute atomic E-state index is 13.5. The van der Waals surface area contributed by atoms with Gasteiger partial charge < -0.3 is 19.7 Å². The Morgan fingerprint density at radius 2 is 1.83 bits per heavy atom. The van der Waals surface area contributed by atoms with Crippen molar-refractivity contribution in [2.45, 2.75) is 52.1 Å². The first kappa shape index (κ1) is 25.2. The molecule has 0 aliphatic heterocycles. The lowest BCUT2D eigenvalue weighted by Gasteiger charge is -2.25. The highest BCUT2D eigenvalue weighted by Crippen LogP contribution is 2.31. The molecule has 0 bridgehead atoms. The zero-order valence-electron chi connectivity index (χ0n) is 21.2. The summed E-state index contributed by atoms with van der Waals surface area (Å²) in [6.07, 6.45) is 4.19. The summed E-state index contributed by atoms with van der Waals surface area (Å²) in [5.74, 6) is 0.997. The predicted octanol–water partition coefficient (Wildman–Crippen LogP) is 3.07. The summed E-state index contributed by atoms with van der Waals surface area (Å²) in [6.45, 7) is 3.69. The number of ether oxygens (including phenoxy) is 2. The Kier molecular flexibility index (Phi) is 7.82. The van der Waals surface area contributed by atoms with Crippen molar-refractivity contribution < 1.29 is 19.1 Å². The van der Waals surface area contributed by atoms with Crippen LogP contribution in [0.25, 0.3) is 11.4 Å². The molecule has 0 atom stereocenters. The number of aryl methyl sites for hydroxylation is 1. The molecule has 1 aliphatic carbocycles. The predicted molar refractivity (Wildman–Crippen MR) is 135 cm³/mol. The molecule has 36 heavy (non-hydrogen) atoms. The number of rotatable bonds is 9. The summed E-state index contributed by atoms with van der Waals surface area (Å²) in [4.78, 5) is 29.1. The van der Waals surface area contributed by atoms with Gasteiger partial charge in [-0.05, 0) is 67.3 Å². The molecule has 0 radical (unpaired) electrons. The fraction of sp³-hybridized carbons (Fsp3) is 0.423. The topological polar surface area (TPSA) is 111 Å². The van der Waals surface area contributed by atoms with Crippen LogP contribution in [0.3, 0.4) is 0 Å². The van der Waals surface area contributed by atoms with E-state index in [-0.39, 0.29) is 30.9 Å². The zero-order chi connectivity index (χ0) is 25.7. The van der Waals surface area contributed by atoms with Crippen LogP contribution in [0.5, 0.6) is 11.5 Å². The quantitative estimate of drug-likeness (QED) is 0.489. The molecule has 1 N–H and O–H groups in total. The van der Waals surface area contributed by atoms with Gasteiger partial charge in [-0.1, -0.05) is 25.0 Å². The first-order chi connectivity index (χ1) is 17.4. The van der Waals surface area contributed by atoms with Crippen LogP contribution in [-0.4, -0.2) is 58.8 Å².